The molecule has 0 radical (unpaired) electrons. The summed E-state index contributed by atoms with van der Waals surface area (Å²) < 4.78 is 16.4. The van der Waals surface area contributed by atoms with E-state index < -0.39 is 0 Å². The van der Waals surface area contributed by atoms with Crippen LogP contribution in [0.1, 0.15) is 25.0 Å². The van der Waals surface area contributed by atoms with Crippen LogP contribution in [0.2, 0.25) is 0 Å². The number of benzene rings is 2. The summed E-state index contributed by atoms with van der Waals surface area (Å²) in [5.41, 5.74) is 3.06. The van der Waals surface area contributed by atoms with E-state index in [1.807, 2.05) is 51.1 Å². The van der Waals surface area contributed by atoms with E-state index in [2.05, 4.69) is 21.7 Å². The summed E-state index contributed by atoms with van der Waals surface area (Å²) in [4.78, 5) is 4.67. The SMILES string of the molecule is CCNC(=NCc1ccc(C)c(OC)c1)Nc1ccc(OCC)c(OC)c1.I. The highest BCUT2D eigenvalue weighted by molar-refractivity contribution is 14.0. The smallest absolute Gasteiger partial charge is 0.196 e. The lowest BCUT2D eigenvalue weighted by Gasteiger charge is -2.14. The molecule has 28 heavy (non-hydrogen) atoms. The van der Waals surface area contributed by atoms with Gasteiger partial charge in [0.25, 0.3) is 0 Å². The molecule has 0 amide bonds. The Morgan fingerprint density at radius 1 is 0.964 bits per heavy atom. The van der Waals surface area contributed by atoms with Crippen molar-refractivity contribution in [3.8, 4) is 17.2 Å². The second-order valence-corrected chi connectivity index (χ2v) is 5.92. The number of hydrogen-bond acceptors (Lipinski definition) is 4. The van der Waals surface area contributed by atoms with Gasteiger partial charge in [-0.05, 0) is 50.1 Å². The fraction of sp³-hybridized carbons (Fsp3) is 0.381. The summed E-state index contributed by atoms with van der Waals surface area (Å²) in [6.45, 7) is 7.90. The van der Waals surface area contributed by atoms with Crippen molar-refractivity contribution in [1.29, 1.82) is 0 Å². The predicted octanol–water partition coefficient (Wildman–Crippen LogP) is 4.61. The van der Waals surface area contributed by atoms with Gasteiger partial charge in [0.1, 0.15) is 5.75 Å². The minimum Gasteiger partial charge on any atom is -0.496 e. The van der Waals surface area contributed by atoms with Crippen molar-refractivity contribution in [2.24, 2.45) is 4.99 Å². The number of nitrogens with zero attached hydrogens (tertiary/aromatic N) is 1. The van der Waals surface area contributed by atoms with Crippen molar-refractivity contribution >= 4 is 35.6 Å². The molecule has 0 aliphatic carbocycles. The second-order valence-electron chi connectivity index (χ2n) is 5.92. The molecule has 0 fully saturated rings. The van der Waals surface area contributed by atoms with Gasteiger partial charge in [0.15, 0.2) is 17.5 Å². The van der Waals surface area contributed by atoms with Crippen molar-refractivity contribution in [2.75, 3.05) is 32.7 Å². The van der Waals surface area contributed by atoms with E-state index in [0.717, 1.165) is 34.9 Å². The van der Waals surface area contributed by atoms with E-state index in [1.165, 1.54) is 0 Å². The summed E-state index contributed by atoms with van der Waals surface area (Å²) in [7, 11) is 3.31. The van der Waals surface area contributed by atoms with Gasteiger partial charge in [-0.25, -0.2) is 4.99 Å². The number of methoxy groups -OCH3 is 2. The molecule has 2 aromatic carbocycles. The monoisotopic (exact) mass is 499 g/mol. The highest BCUT2D eigenvalue weighted by atomic mass is 127. The van der Waals surface area contributed by atoms with E-state index in [4.69, 9.17) is 14.2 Å². The topological polar surface area (TPSA) is 64.1 Å². The fourth-order valence-electron chi connectivity index (χ4n) is 2.60. The number of rotatable bonds is 8. The van der Waals surface area contributed by atoms with Gasteiger partial charge in [-0.1, -0.05) is 12.1 Å². The van der Waals surface area contributed by atoms with Crippen LogP contribution in [0.15, 0.2) is 41.4 Å². The van der Waals surface area contributed by atoms with Crippen molar-refractivity contribution in [1.82, 2.24) is 5.32 Å². The zero-order chi connectivity index (χ0) is 19.6. The molecule has 0 unspecified atom stereocenters. The number of guanidine groups is 1. The zero-order valence-electron chi connectivity index (χ0n) is 17.2. The van der Waals surface area contributed by atoms with Gasteiger partial charge < -0.3 is 24.8 Å². The van der Waals surface area contributed by atoms with E-state index in [9.17, 15) is 0 Å². The zero-order valence-corrected chi connectivity index (χ0v) is 19.5. The molecule has 0 aliphatic rings. The highest BCUT2D eigenvalue weighted by Gasteiger charge is 2.07. The molecule has 6 nitrogen and oxygen atoms in total. The molecule has 2 aromatic rings. The standard InChI is InChI=1S/C21H29N3O3.HI/c1-6-22-21(23-14-16-9-8-15(3)19(12-16)25-4)24-17-10-11-18(27-7-2)20(13-17)26-5;/h8-13H,6-7,14H2,1-5H3,(H2,22,23,24);1H. The van der Waals surface area contributed by atoms with Gasteiger partial charge in [0, 0.05) is 18.3 Å². The van der Waals surface area contributed by atoms with Crippen LogP contribution in [-0.4, -0.2) is 33.3 Å². The average Bonchev–Trinajstić information content (AvgIpc) is 2.68. The van der Waals surface area contributed by atoms with E-state index in [-0.39, 0.29) is 24.0 Å². The Bertz CT molecular complexity index is 781. The lowest BCUT2D eigenvalue weighted by atomic mass is 10.1. The first-order chi connectivity index (χ1) is 13.1. The number of aryl methyl sites for hydroxylation is 1. The molecular formula is C21H30IN3O3. The van der Waals surface area contributed by atoms with Crippen LogP contribution in [0, 0.1) is 6.92 Å². The van der Waals surface area contributed by atoms with Crippen molar-refractivity contribution in [3.63, 3.8) is 0 Å². The lowest BCUT2D eigenvalue weighted by molar-refractivity contribution is 0.311. The van der Waals surface area contributed by atoms with Crippen LogP contribution in [0.3, 0.4) is 0 Å². The molecule has 2 rings (SSSR count). The Morgan fingerprint density at radius 2 is 1.71 bits per heavy atom. The van der Waals surface area contributed by atoms with Crippen LogP contribution in [0.25, 0.3) is 0 Å². The molecule has 0 aliphatic heterocycles. The van der Waals surface area contributed by atoms with Crippen LogP contribution < -0.4 is 24.8 Å². The summed E-state index contributed by atoms with van der Waals surface area (Å²) in [5, 5.41) is 6.56. The maximum Gasteiger partial charge on any atom is 0.196 e. The van der Waals surface area contributed by atoms with E-state index >= 15 is 0 Å². The third-order valence-corrected chi connectivity index (χ3v) is 3.96. The first kappa shape index (κ1) is 23.9. The van der Waals surface area contributed by atoms with Crippen molar-refractivity contribution in [2.45, 2.75) is 27.3 Å². The second kappa shape index (κ2) is 12.3. The molecule has 0 atom stereocenters. The highest BCUT2D eigenvalue weighted by Crippen LogP contribution is 2.30. The Hall–Kier alpha value is -2.16. The van der Waals surface area contributed by atoms with Gasteiger partial charge in [-0.3, -0.25) is 0 Å². The quantitative estimate of drug-likeness (QED) is 0.316. The molecule has 154 valence electrons. The van der Waals surface area contributed by atoms with Crippen LogP contribution in [0.5, 0.6) is 17.2 Å². The summed E-state index contributed by atoms with van der Waals surface area (Å²) in [5.74, 6) is 2.97. The largest absolute Gasteiger partial charge is 0.496 e. The minimum atomic E-state index is 0. The van der Waals surface area contributed by atoms with Gasteiger partial charge in [0.2, 0.25) is 0 Å². The molecule has 0 heterocycles. The minimum absolute atomic E-state index is 0. The number of anilines is 1. The van der Waals surface area contributed by atoms with Gasteiger partial charge in [-0.2, -0.15) is 0 Å². The normalized spacial score (nSPS) is 10.7. The number of aliphatic imine (C=N–C) groups is 1. The molecule has 0 aromatic heterocycles. The van der Waals surface area contributed by atoms with Gasteiger partial charge in [-0.15, -0.1) is 24.0 Å². The number of nitrogens with one attached hydrogen (secondary N) is 2. The van der Waals surface area contributed by atoms with Crippen molar-refractivity contribution < 1.29 is 14.2 Å². The van der Waals surface area contributed by atoms with Crippen molar-refractivity contribution in [3.05, 3.63) is 47.5 Å². The lowest BCUT2D eigenvalue weighted by Crippen LogP contribution is -2.30. The molecule has 2 N–H and O–H groups in total. The molecule has 0 saturated carbocycles. The van der Waals surface area contributed by atoms with Crippen LogP contribution >= 0.6 is 24.0 Å². The van der Waals surface area contributed by atoms with E-state index in [0.29, 0.717) is 24.9 Å². The average molecular weight is 499 g/mol. The maximum atomic E-state index is 5.56. The molecule has 0 spiro atoms. The van der Waals surface area contributed by atoms with Crippen LogP contribution in [0.4, 0.5) is 5.69 Å². The van der Waals surface area contributed by atoms with Gasteiger partial charge in [0.05, 0.1) is 27.4 Å². The van der Waals surface area contributed by atoms with Crippen LogP contribution in [-0.2, 0) is 6.54 Å². The summed E-state index contributed by atoms with van der Waals surface area (Å²) in [6.07, 6.45) is 0. The fourth-order valence-corrected chi connectivity index (χ4v) is 2.60. The first-order valence-corrected chi connectivity index (χ1v) is 9.10. The van der Waals surface area contributed by atoms with Gasteiger partial charge >= 0.3 is 0 Å². The Morgan fingerprint density at radius 3 is 2.36 bits per heavy atom. The number of ether oxygens (including phenoxy) is 3. The molecule has 0 bridgehead atoms. The third-order valence-electron chi connectivity index (χ3n) is 3.96. The number of halogens is 1. The third kappa shape index (κ3) is 6.78. The summed E-state index contributed by atoms with van der Waals surface area (Å²) >= 11 is 0. The van der Waals surface area contributed by atoms with E-state index in [1.54, 1.807) is 14.2 Å². The number of hydrogen-bond donors (Lipinski definition) is 2. The Labute approximate surface area is 184 Å². The predicted molar refractivity (Wildman–Crippen MR) is 126 cm³/mol. The molecular weight excluding hydrogens is 469 g/mol. The Kier molecular flexibility index (Phi) is 10.5. The molecule has 0 saturated heterocycles. The molecule has 7 heteroatoms. The first-order valence-electron chi connectivity index (χ1n) is 9.10. The summed E-state index contributed by atoms with van der Waals surface area (Å²) in [6, 6.07) is 11.8. The maximum absolute atomic E-state index is 5.56. The Balaban J connectivity index is 0.00000392.